The monoisotopic (exact) mass is 317 g/mol. The van der Waals surface area contributed by atoms with Crippen LogP contribution in [0.25, 0.3) is 10.8 Å². The summed E-state index contributed by atoms with van der Waals surface area (Å²) in [5, 5.41) is 13.7. The molecular formula is C17H19NO5. The molecule has 6 nitrogen and oxygen atoms in total. The summed E-state index contributed by atoms with van der Waals surface area (Å²) in [5.41, 5.74) is 0.0291. The summed E-state index contributed by atoms with van der Waals surface area (Å²) >= 11 is 0. The number of carboxylic acid groups (broad SMARTS) is 1. The lowest BCUT2D eigenvalue weighted by atomic mass is 10.1. The van der Waals surface area contributed by atoms with Gasteiger partial charge in [-0.05, 0) is 29.8 Å². The molecule has 2 aromatic rings. The summed E-state index contributed by atoms with van der Waals surface area (Å²) in [6, 6.07) is 10.4. The van der Waals surface area contributed by atoms with Crippen LogP contribution in [0.15, 0.2) is 36.4 Å². The number of carboxylic acids is 1. The van der Waals surface area contributed by atoms with Crippen LogP contribution in [0.2, 0.25) is 0 Å². The van der Waals surface area contributed by atoms with Crippen LogP contribution in [0.3, 0.4) is 0 Å². The van der Waals surface area contributed by atoms with Gasteiger partial charge in [-0.15, -0.1) is 0 Å². The van der Waals surface area contributed by atoms with Crippen LogP contribution in [-0.2, 0) is 9.53 Å². The largest absolute Gasteiger partial charge is 0.483 e. The van der Waals surface area contributed by atoms with Gasteiger partial charge >= 0.3 is 5.97 Å². The lowest BCUT2D eigenvalue weighted by molar-refractivity contribution is -0.124. The first-order chi connectivity index (χ1) is 11.0. The molecule has 0 aliphatic rings. The number of carbonyl (C=O) groups excluding carboxylic acids is 1. The van der Waals surface area contributed by atoms with Crippen LogP contribution < -0.4 is 10.1 Å². The van der Waals surface area contributed by atoms with E-state index < -0.39 is 5.97 Å². The topological polar surface area (TPSA) is 84.9 Å². The standard InChI is InChI=1S/C17H19NO5/c1-11(9-22-2)18-16(19)10-23-15-8-13-6-4-3-5-12(13)7-14(15)17(20)21/h3-8,11H,9-10H2,1-2H3,(H,18,19)(H,20,21)/t11-/m0/s1. The number of benzene rings is 2. The van der Waals surface area contributed by atoms with Crippen molar-refractivity contribution in [1.29, 1.82) is 0 Å². The molecule has 0 radical (unpaired) electrons. The normalized spacial score (nSPS) is 11.9. The van der Waals surface area contributed by atoms with Crippen molar-refractivity contribution >= 4 is 22.6 Å². The highest BCUT2D eigenvalue weighted by molar-refractivity contribution is 5.97. The molecule has 0 bridgehead atoms. The highest BCUT2D eigenvalue weighted by Crippen LogP contribution is 2.26. The van der Waals surface area contributed by atoms with Gasteiger partial charge in [-0.3, -0.25) is 4.79 Å². The van der Waals surface area contributed by atoms with Gasteiger partial charge in [0.2, 0.25) is 0 Å². The molecule has 0 spiro atoms. The van der Waals surface area contributed by atoms with E-state index in [1.807, 2.05) is 24.3 Å². The van der Waals surface area contributed by atoms with Crippen molar-refractivity contribution in [3.8, 4) is 5.75 Å². The molecule has 0 saturated carbocycles. The smallest absolute Gasteiger partial charge is 0.339 e. The quantitative estimate of drug-likeness (QED) is 0.816. The van der Waals surface area contributed by atoms with E-state index >= 15 is 0 Å². The molecule has 0 aliphatic heterocycles. The zero-order valence-electron chi connectivity index (χ0n) is 13.0. The van der Waals surface area contributed by atoms with E-state index in [4.69, 9.17) is 9.47 Å². The Balaban J connectivity index is 2.13. The Morgan fingerprint density at radius 1 is 1.22 bits per heavy atom. The maximum Gasteiger partial charge on any atom is 0.339 e. The number of methoxy groups -OCH3 is 1. The number of ether oxygens (including phenoxy) is 2. The Labute approximate surface area is 134 Å². The molecule has 6 heteroatoms. The zero-order chi connectivity index (χ0) is 16.8. The van der Waals surface area contributed by atoms with Gasteiger partial charge < -0.3 is 19.9 Å². The maximum absolute atomic E-state index is 11.8. The molecule has 0 aliphatic carbocycles. The third-order valence-corrected chi connectivity index (χ3v) is 3.26. The predicted octanol–water partition coefficient (Wildman–Crippen LogP) is 2.07. The SMILES string of the molecule is COC[C@H](C)NC(=O)COc1cc2ccccc2cc1C(=O)O. The van der Waals surface area contributed by atoms with Crippen molar-refractivity contribution in [2.24, 2.45) is 0 Å². The van der Waals surface area contributed by atoms with Crippen LogP contribution in [-0.4, -0.2) is 43.3 Å². The Kier molecular flexibility index (Phi) is 5.54. The molecule has 1 amide bonds. The summed E-state index contributed by atoms with van der Waals surface area (Å²) in [6.45, 7) is 1.94. The molecule has 0 unspecified atom stereocenters. The predicted molar refractivity (Wildman–Crippen MR) is 85.9 cm³/mol. The van der Waals surface area contributed by atoms with Gasteiger partial charge in [0.1, 0.15) is 11.3 Å². The van der Waals surface area contributed by atoms with Crippen molar-refractivity contribution in [2.45, 2.75) is 13.0 Å². The molecule has 2 rings (SSSR count). The van der Waals surface area contributed by atoms with Gasteiger partial charge in [0.05, 0.1) is 6.61 Å². The fraction of sp³-hybridized carbons (Fsp3) is 0.294. The van der Waals surface area contributed by atoms with Crippen LogP contribution >= 0.6 is 0 Å². The number of aromatic carboxylic acids is 1. The minimum atomic E-state index is -1.10. The molecule has 122 valence electrons. The number of rotatable bonds is 7. The zero-order valence-corrected chi connectivity index (χ0v) is 13.0. The van der Waals surface area contributed by atoms with Crippen molar-refractivity contribution in [3.63, 3.8) is 0 Å². The van der Waals surface area contributed by atoms with E-state index in [9.17, 15) is 14.7 Å². The average molecular weight is 317 g/mol. The Bertz CT molecular complexity index is 713. The second kappa shape index (κ2) is 7.60. The summed E-state index contributed by atoms with van der Waals surface area (Å²) in [4.78, 5) is 23.2. The number of amides is 1. The second-order valence-corrected chi connectivity index (χ2v) is 5.21. The molecule has 2 N–H and O–H groups in total. The minimum Gasteiger partial charge on any atom is -0.483 e. The first-order valence-electron chi connectivity index (χ1n) is 7.18. The number of carbonyl (C=O) groups is 2. The number of nitrogens with one attached hydrogen (secondary N) is 1. The van der Waals surface area contributed by atoms with Gasteiger partial charge in [0.25, 0.3) is 5.91 Å². The van der Waals surface area contributed by atoms with E-state index in [2.05, 4.69) is 5.32 Å². The summed E-state index contributed by atoms with van der Waals surface area (Å²) in [5.74, 6) is -1.26. The first-order valence-corrected chi connectivity index (χ1v) is 7.18. The van der Waals surface area contributed by atoms with E-state index in [0.717, 1.165) is 10.8 Å². The molecule has 0 saturated heterocycles. The summed E-state index contributed by atoms with van der Waals surface area (Å²) in [7, 11) is 1.55. The molecular weight excluding hydrogens is 298 g/mol. The molecule has 0 aromatic heterocycles. The Morgan fingerprint density at radius 2 is 1.87 bits per heavy atom. The van der Waals surface area contributed by atoms with Crippen LogP contribution in [0.4, 0.5) is 0 Å². The summed E-state index contributed by atoms with van der Waals surface area (Å²) < 4.78 is 10.3. The fourth-order valence-electron chi connectivity index (χ4n) is 2.26. The highest BCUT2D eigenvalue weighted by atomic mass is 16.5. The third-order valence-electron chi connectivity index (χ3n) is 3.26. The molecule has 23 heavy (non-hydrogen) atoms. The van der Waals surface area contributed by atoms with E-state index in [1.54, 1.807) is 26.2 Å². The third kappa shape index (κ3) is 4.43. The lowest BCUT2D eigenvalue weighted by Crippen LogP contribution is -2.38. The van der Waals surface area contributed by atoms with Gasteiger partial charge in [-0.2, -0.15) is 0 Å². The second-order valence-electron chi connectivity index (χ2n) is 5.21. The van der Waals surface area contributed by atoms with Crippen LogP contribution in [0, 0.1) is 0 Å². The fourth-order valence-corrected chi connectivity index (χ4v) is 2.26. The minimum absolute atomic E-state index is 0.0291. The van der Waals surface area contributed by atoms with Crippen LogP contribution in [0.1, 0.15) is 17.3 Å². The van der Waals surface area contributed by atoms with Crippen LogP contribution in [0.5, 0.6) is 5.75 Å². The molecule has 2 aromatic carbocycles. The van der Waals surface area contributed by atoms with E-state index in [1.165, 1.54) is 0 Å². The first kappa shape index (κ1) is 16.8. The van der Waals surface area contributed by atoms with Crippen molar-refractivity contribution in [2.75, 3.05) is 20.3 Å². The highest BCUT2D eigenvalue weighted by Gasteiger charge is 2.15. The summed E-state index contributed by atoms with van der Waals surface area (Å²) in [6.07, 6.45) is 0. The average Bonchev–Trinajstić information content (AvgIpc) is 2.52. The lowest BCUT2D eigenvalue weighted by Gasteiger charge is -2.14. The molecule has 1 atom stereocenters. The van der Waals surface area contributed by atoms with Gasteiger partial charge in [0.15, 0.2) is 6.61 Å². The van der Waals surface area contributed by atoms with Gasteiger partial charge in [-0.25, -0.2) is 4.79 Å². The Morgan fingerprint density at radius 3 is 2.48 bits per heavy atom. The van der Waals surface area contributed by atoms with E-state index in [-0.39, 0.29) is 29.9 Å². The van der Waals surface area contributed by atoms with E-state index in [0.29, 0.717) is 6.61 Å². The van der Waals surface area contributed by atoms with Gasteiger partial charge in [0, 0.05) is 13.2 Å². The Hall–Kier alpha value is -2.60. The maximum atomic E-state index is 11.8. The van der Waals surface area contributed by atoms with Crippen molar-refractivity contribution < 1.29 is 24.2 Å². The molecule has 0 fully saturated rings. The van der Waals surface area contributed by atoms with Crippen molar-refractivity contribution in [3.05, 3.63) is 42.0 Å². The number of fused-ring (bicyclic) bond motifs is 1. The molecule has 0 heterocycles. The van der Waals surface area contributed by atoms with Gasteiger partial charge in [-0.1, -0.05) is 24.3 Å². The van der Waals surface area contributed by atoms with Crippen molar-refractivity contribution in [1.82, 2.24) is 5.32 Å². The number of hydrogen-bond acceptors (Lipinski definition) is 4. The number of hydrogen-bond donors (Lipinski definition) is 2.